The molecular formula is C14H21NO2. The first-order chi connectivity index (χ1) is 8.10. The smallest absolute Gasteiger partial charge is 0.257 e. The number of benzene rings is 1. The van der Waals surface area contributed by atoms with Gasteiger partial charge in [0.25, 0.3) is 5.91 Å². The van der Waals surface area contributed by atoms with Crippen LogP contribution < -0.4 is 0 Å². The number of hydrogen-bond donors (Lipinski definition) is 1. The lowest BCUT2D eigenvalue weighted by atomic mass is 10.1. The molecule has 0 aliphatic rings. The molecule has 0 unspecified atom stereocenters. The van der Waals surface area contributed by atoms with Crippen LogP contribution in [0.5, 0.6) is 5.75 Å². The summed E-state index contributed by atoms with van der Waals surface area (Å²) in [4.78, 5) is 14.0. The summed E-state index contributed by atoms with van der Waals surface area (Å²) in [6.45, 7) is 7.37. The van der Waals surface area contributed by atoms with E-state index in [4.69, 9.17) is 0 Å². The summed E-state index contributed by atoms with van der Waals surface area (Å²) >= 11 is 0. The Balaban J connectivity index is 2.86. The van der Waals surface area contributed by atoms with Crippen LogP contribution in [0.1, 0.15) is 42.6 Å². The molecule has 0 heterocycles. The molecule has 94 valence electrons. The zero-order chi connectivity index (χ0) is 12.8. The second kappa shape index (κ2) is 6.28. The highest BCUT2D eigenvalue weighted by atomic mass is 16.3. The fourth-order valence-corrected chi connectivity index (χ4v) is 1.75. The lowest BCUT2D eigenvalue weighted by molar-refractivity contribution is 0.0759. The van der Waals surface area contributed by atoms with Crippen molar-refractivity contribution < 1.29 is 9.90 Å². The number of hydrogen-bond acceptors (Lipinski definition) is 2. The average molecular weight is 235 g/mol. The average Bonchev–Trinajstić information content (AvgIpc) is 2.29. The highest BCUT2D eigenvalue weighted by molar-refractivity contribution is 5.96. The summed E-state index contributed by atoms with van der Waals surface area (Å²) in [7, 11) is 0. The van der Waals surface area contributed by atoms with E-state index in [0.717, 1.165) is 24.9 Å². The number of amides is 1. The lowest BCUT2D eigenvalue weighted by Crippen LogP contribution is -2.31. The molecule has 0 aliphatic heterocycles. The Bertz CT molecular complexity index is 388. The van der Waals surface area contributed by atoms with Crippen LogP contribution in [0.15, 0.2) is 18.2 Å². The van der Waals surface area contributed by atoms with Crippen molar-refractivity contribution in [2.24, 2.45) is 0 Å². The summed E-state index contributed by atoms with van der Waals surface area (Å²) in [5.74, 6) is -0.0107. The molecule has 3 nitrogen and oxygen atoms in total. The first-order valence-corrected chi connectivity index (χ1v) is 6.19. The summed E-state index contributed by atoms with van der Waals surface area (Å²) in [5.41, 5.74) is 1.35. The molecule has 1 amide bonds. The van der Waals surface area contributed by atoms with Crippen LogP contribution in [-0.4, -0.2) is 29.0 Å². The van der Waals surface area contributed by atoms with Crippen molar-refractivity contribution >= 4 is 5.91 Å². The predicted octanol–water partition coefficient (Wildman–Crippen LogP) is 2.96. The van der Waals surface area contributed by atoms with Crippen LogP contribution in [0, 0.1) is 6.92 Å². The number of nitrogens with zero attached hydrogens (tertiary/aromatic N) is 1. The van der Waals surface area contributed by atoms with Crippen molar-refractivity contribution in [3.8, 4) is 5.75 Å². The van der Waals surface area contributed by atoms with Crippen molar-refractivity contribution in [1.82, 2.24) is 4.90 Å². The van der Waals surface area contributed by atoms with Crippen LogP contribution in [-0.2, 0) is 0 Å². The molecule has 0 atom stereocenters. The second-order valence-electron chi connectivity index (χ2n) is 4.26. The minimum atomic E-state index is -0.0848. The monoisotopic (exact) mass is 235 g/mol. The van der Waals surface area contributed by atoms with Crippen LogP contribution in [0.3, 0.4) is 0 Å². The maximum atomic E-state index is 12.2. The topological polar surface area (TPSA) is 40.5 Å². The molecular weight excluding hydrogens is 214 g/mol. The maximum Gasteiger partial charge on any atom is 0.257 e. The van der Waals surface area contributed by atoms with E-state index in [9.17, 15) is 9.90 Å². The van der Waals surface area contributed by atoms with Crippen LogP contribution >= 0.6 is 0 Å². The molecule has 0 saturated carbocycles. The van der Waals surface area contributed by atoms with Gasteiger partial charge in [-0.3, -0.25) is 4.79 Å². The summed E-state index contributed by atoms with van der Waals surface area (Å²) in [5, 5.41) is 9.78. The molecule has 0 radical (unpaired) electrons. The van der Waals surface area contributed by atoms with Gasteiger partial charge in [0.1, 0.15) is 5.75 Å². The first-order valence-electron chi connectivity index (χ1n) is 6.19. The fraction of sp³-hybridized carbons (Fsp3) is 0.500. The van der Waals surface area contributed by atoms with Gasteiger partial charge in [-0.25, -0.2) is 0 Å². The van der Waals surface area contributed by atoms with Crippen LogP contribution in [0.25, 0.3) is 0 Å². The Hall–Kier alpha value is -1.51. The molecule has 1 aromatic carbocycles. The summed E-state index contributed by atoms with van der Waals surface area (Å²) < 4.78 is 0. The Morgan fingerprint density at radius 1 is 1.35 bits per heavy atom. The SMILES string of the molecule is CCCCN(CC)C(=O)c1ccc(C)cc1O. The molecule has 1 aromatic rings. The van der Waals surface area contributed by atoms with Crippen molar-refractivity contribution in [2.75, 3.05) is 13.1 Å². The van der Waals surface area contributed by atoms with Gasteiger partial charge < -0.3 is 10.0 Å². The highest BCUT2D eigenvalue weighted by Gasteiger charge is 2.16. The number of phenols is 1. The van der Waals surface area contributed by atoms with E-state index in [-0.39, 0.29) is 11.7 Å². The quantitative estimate of drug-likeness (QED) is 0.852. The van der Waals surface area contributed by atoms with Crippen molar-refractivity contribution in [3.05, 3.63) is 29.3 Å². The van der Waals surface area contributed by atoms with Crippen molar-refractivity contribution in [3.63, 3.8) is 0 Å². The molecule has 0 bridgehead atoms. The number of aryl methyl sites for hydroxylation is 1. The molecule has 1 N–H and O–H groups in total. The third kappa shape index (κ3) is 3.48. The zero-order valence-corrected chi connectivity index (χ0v) is 10.9. The standard InChI is InChI=1S/C14H21NO2/c1-4-6-9-15(5-2)14(17)12-8-7-11(3)10-13(12)16/h7-8,10,16H,4-6,9H2,1-3H3. The Morgan fingerprint density at radius 3 is 2.59 bits per heavy atom. The number of rotatable bonds is 5. The zero-order valence-electron chi connectivity index (χ0n) is 10.9. The summed E-state index contributed by atoms with van der Waals surface area (Å²) in [6.07, 6.45) is 2.05. The van der Waals surface area contributed by atoms with Crippen LogP contribution in [0.2, 0.25) is 0 Å². The number of carbonyl (C=O) groups is 1. The number of aromatic hydroxyl groups is 1. The lowest BCUT2D eigenvalue weighted by Gasteiger charge is -2.21. The molecule has 0 aliphatic carbocycles. The minimum absolute atomic E-state index is 0.0740. The maximum absolute atomic E-state index is 12.2. The normalized spacial score (nSPS) is 10.3. The molecule has 17 heavy (non-hydrogen) atoms. The third-order valence-electron chi connectivity index (χ3n) is 2.83. The Kier molecular flexibility index (Phi) is 5.01. The number of unbranched alkanes of at least 4 members (excludes halogenated alkanes) is 1. The van der Waals surface area contributed by atoms with Gasteiger partial charge in [-0.1, -0.05) is 19.4 Å². The van der Waals surface area contributed by atoms with E-state index in [1.54, 1.807) is 17.0 Å². The first kappa shape index (κ1) is 13.6. The molecule has 0 saturated heterocycles. The van der Waals surface area contributed by atoms with E-state index in [2.05, 4.69) is 6.92 Å². The predicted molar refractivity (Wildman–Crippen MR) is 69.3 cm³/mol. The Labute approximate surface area is 103 Å². The van der Waals surface area contributed by atoms with E-state index < -0.39 is 0 Å². The van der Waals surface area contributed by atoms with E-state index in [1.165, 1.54) is 0 Å². The number of carbonyl (C=O) groups excluding carboxylic acids is 1. The largest absolute Gasteiger partial charge is 0.507 e. The van der Waals surface area contributed by atoms with Gasteiger partial charge in [-0.2, -0.15) is 0 Å². The molecule has 0 fully saturated rings. The van der Waals surface area contributed by atoms with Crippen molar-refractivity contribution in [2.45, 2.75) is 33.6 Å². The second-order valence-corrected chi connectivity index (χ2v) is 4.26. The van der Waals surface area contributed by atoms with Crippen LogP contribution in [0.4, 0.5) is 0 Å². The highest BCUT2D eigenvalue weighted by Crippen LogP contribution is 2.20. The van der Waals surface area contributed by atoms with Gasteiger partial charge in [0.05, 0.1) is 5.56 Å². The molecule has 3 heteroatoms. The van der Waals surface area contributed by atoms with E-state index in [0.29, 0.717) is 12.1 Å². The van der Waals surface area contributed by atoms with Gasteiger partial charge in [0, 0.05) is 13.1 Å². The third-order valence-corrected chi connectivity index (χ3v) is 2.83. The minimum Gasteiger partial charge on any atom is -0.507 e. The van der Waals surface area contributed by atoms with Gasteiger partial charge in [-0.05, 0) is 38.0 Å². The Morgan fingerprint density at radius 2 is 2.06 bits per heavy atom. The number of phenolic OH excluding ortho intramolecular Hbond substituents is 1. The molecule has 0 aromatic heterocycles. The molecule has 1 rings (SSSR count). The summed E-state index contributed by atoms with van der Waals surface area (Å²) in [6, 6.07) is 5.17. The van der Waals surface area contributed by atoms with Gasteiger partial charge in [0.2, 0.25) is 0 Å². The van der Waals surface area contributed by atoms with Gasteiger partial charge >= 0.3 is 0 Å². The van der Waals surface area contributed by atoms with E-state index in [1.807, 2.05) is 19.9 Å². The van der Waals surface area contributed by atoms with E-state index >= 15 is 0 Å². The van der Waals surface area contributed by atoms with Gasteiger partial charge in [0.15, 0.2) is 0 Å². The fourth-order valence-electron chi connectivity index (χ4n) is 1.75. The van der Waals surface area contributed by atoms with Crippen molar-refractivity contribution in [1.29, 1.82) is 0 Å². The molecule has 0 spiro atoms. The van der Waals surface area contributed by atoms with Gasteiger partial charge in [-0.15, -0.1) is 0 Å².